The van der Waals surface area contributed by atoms with Gasteiger partial charge in [-0.2, -0.15) is 5.26 Å². The predicted octanol–water partition coefficient (Wildman–Crippen LogP) is 7.99. The van der Waals surface area contributed by atoms with E-state index < -0.39 is 8.32 Å². The Hall–Kier alpha value is -0.333. The summed E-state index contributed by atoms with van der Waals surface area (Å²) < 4.78 is 6.11. The van der Waals surface area contributed by atoms with Crippen molar-refractivity contribution in [1.82, 2.24) is 0 Å². The van der Waals surface area contributed by atoms with Crippen LogP contribution in [0.4, 0.5) is 0 Å². The molecule has 0 unspecified atom stereocenters. The van der Waals surface area contributed by atoms with Crippen LogP contribution in [-0.4, -0.2) is 14.9 Å². The fourth-order valence-electron chi connectivity index (χ4n) is 3.31. The van der Waals surface area contributed by atoms with E-state index in [9.17, 15) is 0 Å². The highest BCUT2D eigenvalue weighted by molar-refractivity contribution is 6.71. The second-order valence-corrected chi connectivity index (χ2v) is 12.5. The highest BCUT2D eigenvalue weighted by atomic mass is 28.4. The van der Waals surface area contributed by atoms with E-state index in [1.807, 2.05) is 0 Å². The Morgan fingerprint density at radius 1 is 0.680 bits per heavy atom. The zero-order valence-corrected chi connectivity index (χ0v) is 18.6. The molecule has 0 aliphatic rings. The van der Waals surface area contributed by atoms with Crippen molar-refractivity contribution < 1.29 is 4.43 Å². The van der Waals surface area contributed by atoms with Crippen molar-refractivity contribution in [1.29, 1.82) is 5.26 Å². The summed E-state index contributed by atoms with van der Waals surface area (Å²) in [6.45, 7) is 7.79. The van der Waals surface area contributed by atoms with Crippen LogP contribution in [0, 0.1) is 11.3 Å². The van der Waals surface area contributed by atoms with Gasteiger partial charge in [-0.05, 0) is 32.0 Å². The van der Waals surface area contributed by atoms with Crippen LogP contribution in [0.25, 0.3) is 0 Å². The summed E-state index contributed by atoms with van der Waals surface area (Å²) in [7, 11) is -1.50. The monoisotopic (exact) mass is 367 g/mol. The molecule has 0 fully saturated rings. The van der Waals surface area contributed by atoms with Gasteiger partial charge in [-0.25, -0.2) is 0 Å². The molecular formula is C22H45NOSi. The molecule has 0 saturated carbocycles. The van der Waals surface area contributed by atoms with E-state index in [4.69, 9.17) is 9.69 Å². The van der Waals surface area contributed by atoms with Crippen molar-refractivity contribution >= 4 is 8.32 Å². The molecular weight excluding hydrogens is 322 g/mol. The van der Waals surface area contributed by atoms with E-state index in [1.165, 1.54) is 89.9 Å². The molecule has 0 aromatic carbocycles. The largest absolute Gasteiger partial charge is 0.417 e. The summed E-state index contributed by atoms with van der Waals surface area (Å²) in [5, 5.41) is 8.60. The van der Waals surface area contributed by atoms with Crippen LogP contribution in [0.2, 0.25) is 19.1 Å². The molecule has 0 heterocycles. The van der Waals surface area contributed by atoms with Gasteiger partial charge in [0.1, 0.15) is 0 Å². The van der Waals surface area contributed by atoms with Crippen LogP contribution in [-0.2, 0) is 4.43 Å². The van der Waals surface area contributed by atoms with Gasteiger partial charge in [-0.15, -0.1) is 0 Å². The summed E-state index contributed by atoms with van der Waals surface area (Å²) in [4.78, 5) is 0. The Balaban J connectivity index is 3.20. The first-order chi connectivity index (χ1) is 12.1. The quantitative estimate of drug-likeness (QED) is 0.171. The van der Waals surface area contributed by atoms with Crippen molar-refractivity contribution in [3.63, 3.8) is 0 Å². The van der Waals surface area contributed by atoms with Gasteiger partial charge in [-0.3, -0.25) is 0 Å². The average Bonchev–Trinajstić information content (AvgIpc) is 2.58. The van der Waals surface area contributed by atoms with Gasteiger partial charge in [0, 0.05) is 13.0 Å². The van der Waals surface area contributed by atoms with Gasteiger partial charge in [0.15, 0.2) is 8.32 Å². The Kier molecular flexibility index (Phi) is 18.2. The third kappa shape index (κ3) is 19.8. The Morgan fingerprint density at radius 2 is 1.12 bits per heavy atom. The second kappa shape index (κ2) is 18.5. The molecule has 25 heavy (non-hydrogen) atoms. The van der Waals surface area contributed by atoms with Crippen molar-refractivity contribution in [3.8, 4) is 6.07 Å². The second-order valence-electron chi connectivity index (χ2n) is 8.22. The number of hydrogen-bond donors (Lipinski definition) is 0. The Labute approximate surface area is 159 Å². The Morgan fingerprint density at radius 3 is 1.56 bits per heavy atom. The molecule has 2 nitrogen and oxygen atoms in total. The van der Waals surface area contributed by atoms with Crippen LogP contribution in [0.15, 0.2) is 0 Å². The fraction of sp³-hybridized carbons (Fsp3) is 0.955. The lowest BCUT2D eigenvalue weighted by atomic mass is 10.0. The lowest BCUT2D eigenvalue weighted by Gasteiger charge is -2.22. The van der Waals surface area contributed by atoms with Crippen molar-refractivity contribution in [2.24, 2.45) is 0 Å². The average molecular weight is 368 g/mol. The van der Waals surface area contributed by atoms with Crippen LogP contribution in [0.3, 0.4) is 0 Å². The minimum atomic E-state index is -1.50. The van der Waals surface area contributed by atoms with Crippen LogP contribution in [0.1, 0.15) is 110 Å². The van der Waals surface area contributed by atoms with E-state index in [-0.39, 0.29) is 0 Å². The van der Waals surface area contributed by atoms with Gasteiger partial charge >= 0.3 is 0 Å². The Bertz CT molecular complexity index is 312. The molecule has 0 aromatic heterocycles. The van der Waals surface area contributed by atoms with Gasteiger partial charge in [0.2, 0.25) is 0 Å². The zero-order chi connectivity index (χ0) is 18.6. The molecule has 0 rings (SSSR count). The molecule has 0 N–H and O–H groups in total. The standard InChI is InChI=1S/C22H45NOSi/c1-4-5-6-7-8-9-10-11-12-13-14-15-16-18-21-24-25(2,3)22-19-17-20-23/h4-19,21-22H2,1-3H3. The normalized spacial score (nSPS) is 11.6. The van der Waals surface area contributed by atoms with Crippen LogP contribution < -0.4 is 0 Å². The van der Waals surface area contributed by atoms with Crippen LogP contribution in [0.5, 0.6) is 0 Å². The van der Waals surface area contributed by atoms with Crippen molar-refractivity contribution in [3.05, 3.63) is 0 Å². The summed E-state index contributed by atoms with van der Waals surface area (Å²) in [5.41, 5.74) is 0. The van der Waals surface area contributed by atoms with E-state index in [2.05, 4.69) is 26.1 Å². The highest BCUT2D eigenvalue weighted by Crippen LogP contribution is 2.16. The maximum absolute atomic E-state index is 8.60. The summed E-state index contributed by atoms with van der Waals surface area (Å²) in [5.74, 6) is 0. The molecule has 0 atom stereocenters. The maximum atomic E-state index is 8.60. The van der Waals surface area contributed by atoms with Gasteiger partial charge in [-0.1, -0.05) is 90.4 Å². The lowest BCUT2D eigenvalue weighted by molar-refractivity contribution is 0.293. The number of unbranched alkanes of at least 4 members (excludes halogenated alkanes) is 14. The van der Waals surface area contributed by atoms with Crippen LogP contribution >= 0.6 is 0 Å². The zero-order valence-electron chi connectivity index (χ0n) is 17.6. The number of nitriles is 1. The maximum Gasteiger partial charge on any atom is 0.186 e. The minimum Gasteiger partial charge on any atom is -0.417 e. The molecule has 0 aliphatic carbocycles. The van der Waals surface area contributed by atoms with E-state index >= 15 is 0 Å². The van der Waals surface area contributed by atoms with Gasteiger partial charge in [0.05, 0.1) is 6.07 Å². The molecule has 0 aromatic rings. The molecule has 0 amide bonds. The summed E-state index contributed by atoms with van der Waals surface area (Å²) >= 11 is 0. The molecule has 0 radical (unpaired) electrons. The minimum absolute atomic E-state index is 0.679. The van der Waals surface area contributed by atoms with E-state index in [0.717, 1.165) is 19.1 Å². The van der Waals surface area contributed by atoms with E-state index in [1.54, 1.807) is 0 Å². The summed E-state index contributed by atoms with van der Waals surface area (Å²) in [6.07, 6.45) is 21.3. The van der Waals surface area contributed by atoms with E-state index in [0.29, 0.717) is 6.42 Å². The fourth-order valence-corrected chi connectivity index (χ4v) is 5.18. The number of nitrogens with zero attached hydrogens (tertiary/aromatic N) is 1. The van der Waals surface area contributed by atoms with Crippen molar-refractivity contribution in [2.45, 2.75) is 129 Å². The number of rotatable bonds is 19. The molecule has 0 saturated heterocycles. The topological polar surface area (TPSA) is 33.0 Å². The third-order valence-electron chi connectivity index (χ3n) is 5.06. The molecule has 3 heteroatoms. The van der Waals surface area contributed by atoms with Gasteiger partial charge < -0.3 is 4.43 Å². The first-order valence-corrected chi connectivity index (χ1v) is 14.2. The first kappa shape index (κ1) is 24.7. The molecule has 0 aliphatic heterocycles. The lowest BCUT2D eigenvalue weighted by Crippen LogP contribution is -2.30. The molecule has 0 bridgehead atoms. The molecule has 0 spiro atoms. The van der Waals surface area contributed by atoms with Gasteiger partial charge in [0.25, 0.3) is 0 Å². The molecule has 148 valence electrons. The number of hydrogen-bond acceptors (Lipinski definition) is 2. The SMILES string of the molecule is CCCCCCCCCCCCCCCCO[Si](C)(C)CCCC#N. The summed E-state index contributed by atoms with van der Waals surface area (Å²) in [6, 6.07) is 3.35. The smallest absolute Gasteiger partial charge is 0.186 e. The highest BCUT2D eigenvalue weighted by Gasteiger charge is 2.21. The predicted molar refractivity (Wildman–Crippen MR) is 113 cm³/mol. The van der Waals surface area contributed by atoms with Crippen molar-refractivity contribution in [2.75, 3.05) is 6.61 Å². The first-order valence-electron chi connectivity index (χ1n) is 11.1. The third-order valence-corrected chi connectivity index (χ3v) is 7.60.